The van der Waals surface area contributed by atoms with E-state index in [4.69, 9.17) is 0 Å². The van der Waals surface area contributed by atoms with Gasteiger partial charge in [-0.15, -0.1) is 0 Å². The average Bonchev–Trinajstić information content (AvgIpc) is 2.56. The molecule has 0 aliphatic heterocycles. The Morgan fingerprint density at radius 3 is 2.52 bits per heavy atom. The van der Waals surface area contributed by atoms with Crippen molar-refractivity contribution < 1.29 is 17.6 Å². The van der Waals surface area contributed by atoms with Gasteiger partial charge in [0, 0.05) is 13.1 Å². The number of hydrogen-bond acceptors (Lipinski definition) is 3. The molecule has 0 saturated heterocycles. The summed E-state index contributed by atoms with van der Waals surface area (Å²) in [5.41, 5.74) is 1.81. The van der Waals surface area contributed by atoms with Crippen molar-refractivity contribution in [2.75, 3.05) is 13.1 Å². The molecular weight excluding hydrogens is 343 g/mol. The summed E-state index contributed by atoms with van der Waals surface area (Å²) in [5.74, 6) is -0.802. The van der Waals surface area contributed by atoms with Crippen molar-refractivity contribution in [2.24, 2.45) is 0 Å². The number of amides is 1. The number of rotatable bonds is 7. The fourth-order valence-electron chi connectivity index (χ4n) is 2.34. The summed E-state index contributed by atoms with van der Waals surface area (Å²) in [7, 11) is -3.64. The van der Waals surface area contributed by atoms with Gasteiger partial charge in [-0.2, -0.15) is 0 Å². The Morgan fingerprint density at radius 1 is 1.08 bits per heavy atom. The first kappa shape index (κ1) is 19.1. The van der Waals surface area contributed by atoms with Gasteiger partial charge in [0.1, 0.15) is 5.82 Å². The highest BCUT2D eigenvalue weighted by Crippen LogP contribution is 2.16. The van der Waals surface area contributed by atoms with Crippen molar-refractivity contribution in [3.63, 3.8) is 0 Å². The quantitative estimate of drug-likeness (QED) is 0.739. The molecule has 0 heterocycles. The molecule has 2 aromatic carbocycles. The van der Waals surface area contributed by atoms with Gasteiger partial charge in [-0.25, -0.2) is 17.5 Å². The summed E-state index contributed by atoms with van der Waals surface area (Å²) in [4.78, 5) is 12.0. The third-order valence-electron chi connectivity index (χ3n) is 3.68. The van der Waals surface area contributed by atoms with Crippen LogP contribution in [-0.2, 0) is 21.2 Å². The second-order valence-electron chi connectivity index (χ2n) is 5.78. The maximum atomic E-state index is 13.5. The van der Waals surface area contributed by atoms with E-state index in [2.05, 4.69) is 10.0 Å². The molecule has 2 N–H and O–H groups in total. The molecular formula is C18H21FN2O3S. The van der Waals surface area contributed by atoms with Crippen molar-refractivity contribution in [3.05, 3.63) is 65.0 Å². The smallest absolute Gasteiger partial charge is 0.240 e. The van der Waals surface area contributed by atoms with E-state index in [1.807, 2.05) is 13.0 Å². The Kier molecular flexibility index (Phi) is 6.27. The molecule has 0 aliphatic carbocycles. The van der Waals surface area contributed by atoms with E-state index < -0.39 is 15.8 Å². The van der Waals surface area contributed by atoms with Crippen LogP contribution < -0.4 is 10.0 Å². The van der Waals surface area contributed by atoms with Crippen LogP contribution in [-0.4, -0.2) is 27.4 Å². The van der Waals surface area contributed by atoms with Crippen LogP contribution in [0.1, 0.15) is 16.7 Å². The SMILES string of the molecule is Cc1ccc(C)c(S(=O)(=O)NCCNC(=O)Cc2ccccc2F)c1. The zero-order valence-electron chi connectivity index (χ0n) is 14.2. The number of sulfonamides is 1. The van der Waals surface area contributed by atoms with Gasteiger partial charge >= 0.3 is 0 Å². The lowest BCUT2D eigenvalue weighted by Crippen LogP contribution is -2.35. The van der Waals surface area contributed by atoms with Crippen LogP contribution in [0, 0.1) is 19.7 Å². The summed E-state index contributed by atoms with van der Waals surface area (Å²) in [6.45, 7) is 3.72. The summed E-state index contributed by atoms with van der Waals surface area (Å²) in [6.07, 6.45) is -0.0869. The molecule has 0 aromatic heterocycles. The van der Waals surface area contributed by atoms with Crippen LogP contribution in [0.3, 0.4) is 0 Å². The third kappa shape index (κ3) is 5.37. The molecule has 0 bridgehead atoms. The molecule has 0 atom stereocenters. The molecule has 134 valence electrons. The Balaban J connectivity index is 1.85. The van der Waals surface area contributed by atoms with Gasteiger partial charge in [-0.1, -0.05) is 30.3 Å². The van der Waals surface area contributed by atoms with Crippen molar-refractivity contribution in [3.8, 4) is 0 Å². The predicted octanol–water partition coefficient (Wildman–Crippen LogP) is 2.08. The highest BCUT2D eigenvalue weighted by molar-refractivity contribution is 7.89. The van der Waals surface area contributed by atoms with Gasteiger partial charge in [0.2, 0.25) is 15.9 Å². The molecule has 1 amide bonds. The van der Waals surface area contributed by atoms with E-state index in [1.54, 1.807) is 31.2 Å². The standard InChI is InChI=1S/C18H21FN2O3S/c1-13-7-8-14(2)17(11-13)25(23,24)21-10-9-20-18(22)12-15-5-3-4-6-16(15)19/h3-8,11,21H,9-10,12H2,1-2H3,(H,20,22). The number of halogens is 1. The highest BCUT2D eigenvalue weighted by atomic mass is 32.2. The van der Waals surface area contributed by atoms with Crippen molar-refractivity contribution >= 4 is 15.9 Å². The molecule has 0 fully saturated rings. The molecule has 2 aromatic rings. The summed E-state index contributed by atoms with van der Waals surface area (Å²) in [6, 6.07) is 11.2. The summed E-state index contributed by atoms with van der Waals surface area (Å²) in [5, 5.41) is 2.58. The lowest BCUT2D eigenvalue weighted by atomic mass is 10.1. The monoisotopic (exact) mass is 364 g/mol. The number of benzene rings is 2. The third-order valence-corrected chi connectivity index (χ3v) is 5.28. The molecule has 0 unspecified atom stereocenters. The minimum absolute atomic E-state index is 0.0543. The van der Waals surface area contributed by atoms with E-state index in [1.165, 1.54) is 12.1 Å². The minimum atomic E-state index is -3.64. The van der Waals surface area contributed by atoms with Crippen LogP contribution in [0.15, 0.2) is 47.4 Å². The first-order valence-corrected chi connectivity index (χ1v) is 9.35. The molecule has 0 aliphatic rings. The lowest BCUT2D eigenvalue weighted by molar-refractivity contribution is -0.120. The molecule has 0 radical (unpaired) electrons. The first-order chi connectivity index (χ1) is 11.8. The van der Waals surface area contributed by atoms with Gasteiger partial charge in [0.25, 0.3) is 0 Å². The highest BCUT2D eigenvalue weighted by Gasteiger charge is 2.16. The number of nitrogens with one attached hydrogen (secondary N) is 2. The maximum absolute atomic E-state index is 13.5. The fourth-order valence-corrected chi connectivity index (χ4v) is 3.70. The molecule has 5 nitrogen and oxygen atoms in total. The number of aryl methyl sites for hydroxylation is 2. The fraction of sp³-hybridized carbons (Fsp3) is 0.278. The van der Waals surface area contributed by atoms with Crippen LogP contribution in [0.4, 0.5) is 4.39 Å². The molecule has 0 saturated carbocycles. The topological polar surface area (TPSA) is 75.3 Å². The Bertz CT molecular complexity index is 866. The zero-order valence-corrected chi connectivity index (χ0v) is 15.0. The molecule has 25 heavy (non-hydrogen) atoms. The van der Waals surface area contributed by atoms with Gasteiger partial charge in [-0.3, -0.25) is 4.79 Å². The predicted molar refractivity (Wildman–Crippen MR) is 94.2 cm³/mol. The van der Waals surface area contributed by atoms with Gasteiger partial charge in [0.15, 0.2) is 0 Å². The number of carbonyl (C=O) groups is 1. The lowest BCUT2D eigenvalue weighted by Gasteiger charge is -2.11. The van der Waals surface area contributed by atoms with Crippen LogP contribution in [0.5, 0.6) is 0 Å². The molecule has 7 heteroatoms. The van der Waals surface area contributed by atoms with Crippen LogP contribution >= 0.6 is 0 Å². The summed E-state index contributed by atoms with van der Waals surface area (Å²) >= 11 is 0. The van der Waals surface area contributed by atoms with Crippen molar-refractivity contribution in [1.29, 1.82) is 0 Å². The van der Waals surface area contributed by atoms with E-state index in [-0.39, 0.29) is 30.3 Å². The second-order valence-corrected chi connectivity index (χ2v) is 7.52. The zero-order chi connectivity index (χ0) is 18.4. The van der Waals surface area contributed by atoms with Crippen molar-refractivity contribution in [1.82, 2.24) is 10.0 Å². The Labute approximate surface area is 147 Å². The van der Waals surface area contributed by atoms with E-state index in [0.29, 0.717) is 11.1 Å². The first-order valence-electron chi connectivity index (χ1n) is 7.86. The second kappa shape index (κ2) is 8.22. The Morgan fingerprint density at radius 2 is 1.80 bits per heavy atom. The van der Waals surface area contributed by atoms with E-state index in [0.717, 1.165) is 5.56 Å². The maximum Gasteiger partial charge on any atom is 0.240 e. The molecule has 2 rings (SSSR count). The van der Waals surface area contributed by atoms with Gasteiger partial charge < -0.3 is 5.32 Å². The normalized spacial score (nSPS) is 11.3. The minimum Gasteiger partial charge on any atom is -0.354 e. The largest absolute Gasteiger partial charge is 0.354 e. The van der Waals surface area contributed by atoms with E-state index >= 15 is 0 Å². The van der Waals surface area contributed by atoms with Crippen LogP contribution in [0.25, 0.3) is 0 Å². The van der Waals surface area contributed by atoms with Crippen LogP contribution in [0.2, 0.25) is 0 Å². The summed E-state index contributed by atoms with van der Waals surface area (Å²) < 4.78 is 40.6. The van der Waals surface area contributed by atoms with Gasteiger partial charge in [-0.05, 0) is 42.7 Å². The van der Waals surface area contributed by atoms with Gasteiger partial charge in [0.05, 0.1) is 11.3 Å². The molecule has 0 spiro atoms. The Hall–Kier alpha value is -2.25. The van der Waals surface area contributed by atoms with Crippen molar-refractivity contribution in [2.45, 2.75) is 25.2 Å². The number of hydrogen-bond donors (Lipinski definition) is 2. The number of carbonyl (C=O) groups excluding carboxylic acids is 1. The average molecular weight is 364 g/mol. The van der Waals surface area contributed by atoms with E-state index in [9.17, 15) is 17.6 Å².